The summed E-state index contributed by atoms with van der Waals surface area (Å²) in [6.45, 7) is 9.18. The van der Waals surface area contributed by atoms with Crippen LogP contribution in [0.15, 0.2) is 18.2 Å². The first-order valence-corrected chi connectivity index (χ1v) is 6.62. The number of methoxy groups -OCH3 is 2. The molecule has 19 heavy (non-hydrogen) atoms. The van der Waals surface area contributed by atoms with E-state index >= 15 is 0 Å². The number of ether oxygens (including phenoxy) is 2. The van der Waals surface area contributed by atoms with Crippen molar-refractivity contribution in [1.29, 1.82) is 0 Å². The molecule has 0 aliphatic rings. The van der Waals surface area contributed by atoms with Crippen LogP contribution in [0, 0.1) is 0 Å². The van der Waals surface area contributed by atoms with Gasteiger partial charge in [0.1, 0.15) is 11.5 Å². The fourth-order valence-electron chi connectivity index (χ4n) is 1.73. The van der Waals surface area contributed by atoms with Crippen molar-refractivity contribution < 1.29 is 9.47 Å². The normalized spacial score (nSPS) is 11.4. The van der Waals surface area contributed by atoms with E-state index in [-0.39, 0.29) is 5.54 Å². The average Bonchev–Trinajstić information content (AvgIpc) is 2.36. The Morgan fingerprint density at radius 1 is 0.947 bits per heavy atom. The third-order valence-electron chi connectivity index (χ3n) is 2.70. The minimum Gasteiger partial charge on any atom is -0.497 e. The summed E-state index contributed by atoms with van der Waals surface area (Å²) in [7, 11) is 3.33. The van der Waals surface area contributed by atoms with Crippen LogP contribution in [0.4, 0.5) is 0 Å². The first-order valence-electron chi connectivity index (χ1n) is 6.62. The van der Waals surface area contributed by atoms with Crippen molar-refractivity contribution in [1.82, 2.24) is 10.6 Å². The molecule has 1 aromatic rings. The van der Waals surface area contributed by atoms with E-state index in [4.69, 9.17) is 9.47 Å². The van der Waals surface area contributed by atoms with Crippen LogP contribution in [0.5, 0.6) is 11.5 Å². The lowest BCUT2D eigenvalue weighted by Gasteiger charge is -2.20. The second kappa shape index (κ2) is 7.36. The summed E-state index contributed by atoms with van der Waals surface area (Å²) >= 11 is 0. The van der Waals surface area contributed by atoms with E-state index in [9.17, 15) is 0 Å². The highest BCUT2D eigenvalue weighted by Crippen LogP contribution is 2.22. The van der Waals surface area contributed by atoms with Gasteiger partial charge in [0.15, 0.2) is 0 Å². The van der Waals surface area contributed by atoms with Gasteiger partial charge in [0.25, 0.3) is 0 Å². The van der Waals surface area contributed by atoms with Gasteiger partial charge in [0.2, 0.25) is 0 Å². The summed E-state index contributed by atoms with van der Waals surface area (Å²) < 4.78 is 10.5. The molecule has 0 bridgehead atoms. The predicted octanol–water partition coefficient (Wildman–Crippen LogP) is 2.18. The van der Waals surface area contributed by atoms with Crippen LogP contribution in [0.25, 0.3) is 0 Å². The fraction of sp³-hybridized carbons (Fsp3) is 0.600. The highest BCUT2D eigenvalue weighted by atomic mass is 16.5. The summed E-state index contributed by atoms with van der Waals surface area (Å²) in [5.41, 5.74) is 1.33. The molecule has 4 heteroatoms. The molecule has 0 aliphatic heterocycles. The molecule has 0 unspecified atom stereocenters. The second-order valence-electron chi connectivity index (χ2n) is 5.57. The summed E-state index contributed by atoms with van der Waals surface area (Å²) in [6, 6.07) is 5.92. The minimum atomic E-state index is 0.168. The van der Waals surface area contributed by atoms with Crippen molar-refractivity contribution in [2.75, 3.05) is 27.3 Å². The Kier molecular flexibility index (Phi) is 6.12. The number of benzene rings is 1. The van der Waals surface area contributed by atoms with Crippen molar-refractivity contribution in [3.8, 4) is 11.5 Å². The maximum atomic E-state index is 5.25. The summed E-state index contributed by atoms with van der Waals surface area (Å²) in [6.07, 6.45) is 0. The van der Waals surface area contributed by atoms with E-state index in [0.29, 0.717) is 0 Å². The Bertz CT molecular complexity index is 364. The zero-order valence-corrected chi connectivity index (χ0v) is 12.7. The fourth-order valence-corrected chi connectivity index (χ4v) is 1.73. The third-order valence-corrected chi connectivity index (χ3v) is 2.70. The van der Waals surface area contributed by atoms with Crippen LogP contribution in [0.1, 0.15) is 26.3 Å². The zero-order chi connectivity index (χ0) is 14.3. The third kappa shape index (κ3) is 6.45. The average molecular weight is 266 g/mol. The van der Waals surface area contributed by atoms with Crippen molar-refractivity contribution >= 4 is 0 Å². The Morgan fingerprint density at radius 3 is 2.00 bits per heavy atom. The standard InChI is InChI=1S/C15H26N2O2/c1-15(2,3)17-7-6-16-11-12-8-13(18-4)10-14(9-12)19-5/h8-10,16-17H,6-7,11H2,1-5H3. The van der Waals surface area contributed by atoms with E-state index in [0.717, 1.165) is 36.7 Å². The van der Waals surface area contributed by atoms with Crippen molar-refractivity contribution in [3.63, 3.8) is 0 Å². The quantitative estimate of drug-likeness (QED) is 0.742. The molecule has 0 saturated carbocycles. The molecule has 0 spiro atoms. The van der Waals surface area contributed by atoms with E-state index < -0.39 is 0 Å². The lowest BCUT2D eigenvalue weighted by atomic mass is 10.1. The monoisotopic (exact) mass is 266 g/mol. The molecular weight excluding hydrogens is 240 g/mol. The lowest BCUT2D eigenvalue weighted by Crippen LogP contribution is -2.40. The largest absolute Gasteiger partial charge is 0.497 e. The van der Waals surface area contributed by atoms with E-state index in [1.807, 2.05) is 18.2 Å². The highest BCUT2D eigenvalue weighted by molar-refractivity contribution is 5.38. The highest BCUT2D eigenvalue weighted by Gasteiger charge is 2.07. The van der Waals surface area contributed by atoms with Gasteiger partial charge in [0.05, 0.1) is 14.2 Å². The molecule has 0 radical (unpaired) electrons. The lowest BCUT2D eigenvalue weighted by molar-refractivity contribution is 0.392. The summed E-state index contributed by atoms with van der Waals surface area (Å²) in [5.74, 6) is 1.65. The summed E-state index contributed by atoms with van der Waals surface area (Å²) in [5, 5.41) is 6.84. The topological polar surface area (TPSA) is 42.5 Å². The molecule has 0 saturated heterocycles. The van der Waals surface area contributed by atoms with Crippen molar-refractivity contribution in [3.05, 3.63) is 23.8 Å². The van der Waals surface area contributed by atoms with Crippen molar-refractivity contribution in [2.45, 2.75) is 32.9 Å². The van der Waals surface area contributed by atoms with Crippen LogP contribution < -0.4 is 20.1 Å². The van der Waals surface area contributed by atoms with Gasteiger partial charge in [-0.25, -0.2) is 0 Å². The Labute approximate surface area is 116 Å². The molecule has 0 heterocycles. The molecule has 0 amide bonds. The van der Waals surface area contributed by atoms with Gasteiger partial charge in [0, 0.05) is 31.2 Å². The molecule has 1 aromatic carbocycles. The molecule has 4 nitrogen and oxygen atoms in total. The molecule has 2 N–H and O–H groups in total. The SMILES string of the molecule is COc1cc(CNCCNC(C)(C)C)cc(OC)c1. The van der Waals surface area contributed by atoms with E-state index in [1.165, 1.54) is 0 Å². The number of rotatable bonds is 7. The molecule has 0 aliphatic carbocycles. The molecule has 1 rings (SSSR count). The van der Waals surface area contributed by atoms with Gasteiger partial charge in [-0.2, -0.15) is 0 Å². The molecule has 0 atom stereocenters. The molecular formula is C15H26N2O2. The first-order chi connectivity index (χ1) is 8.94. The van der Waals surface area contributed by atoms with Gasteiger partial charge < -0.3 is 20.1 Å². The smallest absolute Gasteiger partial charge is 0.122 e. The first kappa shape index (κ1) is 15.8. The maximum Gasteiger partial charge on any atom is 0.122 e. The van der Waals surface area contributed by atoms with Crippen LogP contribution in [-0.2, 0) is 6.54 Å². The van der Waals surface area contributed by atoms with Gasteiger partial charge in [-0.3, -0.25) is 0 Å². The van der Waals surface area contributed by atoms with Crippen LogP contribution in [0.3, 0.4) is 0 Å². The van der Waals surface area contributed by atoms with Gasteiger partial charge in [-0.05, 0) is 38.5 Å². The molecule has 0 aromatic heterocycles. The van der Waals surface area contributed by atoms with Crippen LogP contribution in [-0.4, -0.2) is 32.8 Å². The maximum absolute atomic E-state index is 5.25. The van der Waals surface area contributed by atoms with Crippen molar-refractivity contribution in [2.24, 2.45) is 0 Å². The number of nitrogens with one attached hydrogen (secondary N) is 2. The number of hydrogen-bond donors (Lipinski definition) is 2. The minimum absolute atomic E-state index is 0.168. The number of hydrogen-bond acceptors (Lipinski definition) is 4. The van der Waals surface area contributed by atoms with Gasteiger partial charge in [-0.15, -0.1) is 0 Å². The Morgan fingerprint density at radius 2 is 1.53 bits per heavy atom. The zero-order valence-electron chi connectivity index (χ0n) is 12.7. The van der Waals surface area contributed by atoms with E-state index in [1.54, 1.807) is 14.2 Å². The van der Waals surface area contributed by atoms with Crippen LogP contribution in [0.2, 0.25) is 0 Å². The molecule has 0 fully saturated rings. The van der Waals surface area contributed by atoms with Gasteiger partial charge >= 0.3 is 0 Å². The Balaban J connectivity index is 2.40. The van der Waals surface area contributed by atoms with E-state index in [2.05, 4.69) is 31.4 Å². The predicted molar refractivity (Wildman–Crippen MR) is 79.0 cm³/mol. The van der Waals surface area contributed by atoms with Gasteiger partial charge in [-0.1, -0.05) is 0 Å². The second-order valence-corrected chi connectivity index (χ2v) is 5.57. The van der Waals surface area contributed by atoms with Crippen LogP contribution >= 0.6 is 0 Å². The molecule has 108 valence electrons. The Hall–Kier alpha value is -1.26. The summed E-state index contributed by atoms with van der Waals surface area (Å²) in [4.78, 5) is 0.